The maximum absolute atomic E-state index is 5.70. The molecule has 1 saturated heterocycles. The number of hydrogen-bond acceptors (Lipinski definition) is 4. The first-order valence-corrected chi connectivity index (χ1v) is 5.66. The van der Waals surface area contributed by atoms with Crippen LogP contribution in [0.5, 0.6) is 0 Å². The Morgan fingerprint density at radius 3 is 3.27 bits per heavy atom. The zero-order valence-electron chi connectivity index (χ0n) is 9.20. The Morgan fingerprint density at radius 2 is 2.60 bits per heavy atom. The Kier molecular flexibility index (Phi) is 3.38. The van der Waals surface area contributed by atoms with Crippen LogP contribution in [0.25, 0.3) is 0 Å². The molecule has 0 aromatic carbocycles. The minimum atomic E-state index is 0.146. The van der Waals surface area contributed by atoms with E-state index >= 15 is 0 Å². The van der Waals surface area contributed by atoms with E-state index in [0.29, 0.717) is 6.04 Å². The number of nitrogens with two attached hydrogens (primary N) is 1. The van der Waals surface area contributed by atoms with Crippen LogP contribution in [0.2, 0.25) is 0 Å². The predicted molar refractivity (Wildman–Crippen MR) is 58.6 cm³/mol. The fourth-order valence-corrected chi connectivity index (χ4v) is 2.01. The highest BCUT2D eigenvalue weighted by Gasteiger charge is 2.17. The lowest BCUT2D eigenvalue weighted by molar-refractivity contribution is 0.455. The van der Waals surface area contributed by atoms with Crippen molar-refractivity contribution in [1.29, 1.82) is 0 Å². The van der Waals surface area contributed by atoms with Gasteiger partial charge >= 0.3 is 0 Å². The van der Waals surface area contributed by atoms with Gasteiger partial charge in [0.05, 0.1) is 5.69 Å². The second-order valence-corrected chi connectivity index (χ2v) is 4.41. The Balaban J connectivity index is 1.88. The maximum atomic E-state index is 5.70. The summed E-state index contributed by atoms with van der Waals surface area (Å²) in [6, 6.07) is 0.694. The SMILES string of the molecule is CC(N)Cc1coc(CC2CCCN2)n1. The molecule has 4 heteroatoms. The van der Waals surface area contributed by atoms with Gasteiger partial charge in [-0.1, -0.05) is 0 Å². The summed E-state index contributed by atoms with van der Waals surface area (Å²) in [5.41, 5.74) is 6.67. The molecule has 2 atom stereocenters. The van der Waals surface area contributed by atoms with E-state index < -0.39 is 0 Å². The van der Waals surface area contributed by atoms with Crippen LogP contribution in [0.15, 0.2) is 10.7 Å². The molecule has 3 N–H and O–H groups in total. The van der Waals surface area contributed by atoms with Crippen molar-refractivity contribution in [3.63, 3.8) is 0 Å². The molecule has 2 unspecified atom stereocenters. The van der Waals surface area contributed by atoms with Gasteiger partial charge in [0.15, 0.2) is 5.89 Å². The first-order chi connectivity index (χ1) is 7.24. The van der Waals surface area contributed by atoms with Crippen LogP contribution in [0.1, 0.15) is 31.4 Å². The van der Waals surface area contributed by atoms with Crippen molar-refractivity contribution in [1.82, 2.24) is 10.3 Å². The van der Waals surface area contributed by atoms with Crippen LogP contribution < -0.4 is 11.1 Å². The fraction of sp³-hybridized carbons (Fsp3) is 0.727. The third-order valence-corrected chi connectivity index (χ3v) is 2.71. The first kappa shape index (κ1) is 10.6. The molecule has 0 bridgehead atoms. The monoisotopic (exact) mass is 209 g/mol. The van der Waals surface area contributed by atoms with Crippen LogP contribution in [-0.2, 0) is 12.8 Å². The van der Waals surface area contributed by atoms with E-state index in [1.165, 1.54) is 12.8 Å². The van der Waals surface area contributed by atoms with Crippen LogP contribution in [0.4, 0.5) is 0 Å². The fourth-order valence-electron chi connectivity index (χ4n) is 2.01. The van der Waals surface area contributed by atoms with E-state index in [0.717, 1.165) is 31.0 Å². The summed E-state index contributed by atoms with van der Waals surface area (Å²) in [6.45, 7) is 3.10. The highest BCUT2D eigenvalue weighted by atomic mass is 16.3. The second-order valence-electron chi connectivity index (χ2n) is 4.41. The second kappa shape index (κ2) is 4.77. The molecule has 15 heavy (non-hydrogen) atoms. The zero-order valence-corrected chi connectivity index (χ0v) is 9.20. The summed E-state index contributed by atoms with van der Waals surface area (Å²) in [6.07, 6.45) is 5.91. The summed E-state index contributed by atoms with van der Waals surface area (Å²) in [5, 5.41) is 3.43. The van der Waals surface area contributed by atoms with Gasteiger partial charge in [-0.2, -0.15) is 0 Å². The van der Waals surface area contributed by atoms with Crippen LogP contribution in [0, 0.1) is 0 Å². The van der Waals surface area contributed by atoms with Crippen molar-refractivity contribution in [3.8, 4) is 0 Å². The van der Waals surface area contributed by atoms with Crippen molar-refractivity contribution in [2.24, 2.45) is 5.73 Å². The topological polar surface area (TPSA) is 64.1 Å². The molecule has 84 valence electrons. The third kappa shape index (κ3) is 3.04. The highest BCUT2D eigenvalue weighted by Crippen LogP contribution is 2.12. The lowest BCUT2D eigenvalue weighted by Crippen LogP contribution is -2.23. The minimum Gasteiger partial charge on any atom is -0.449 e. The van der Waals surface area contributed by atoms with Crippen molar-refractivity contribution >= 4 is 0 Å². The Labute approximate surface area is 90.2 Å². The van der Waals surface area contributed by atoms with E-state index in [4.69, 9.17) is 10.2 Å². The summed E-state index contributed by atoms with van der Waals surface area (Å²) in [5.74, 6) is 0.838. The number of nitrogens with zero attached hydrogens (tertiary/aromatic N) is 1. The number of nitrogens with one attached hydrogen (secondary N) is 1. The molecular formula is C11H19N3O. The molecule has 2 rings (SSSR count). The zero-order chi connectivity index (χ0) is 10.7. The van der Waals surface area contributed by atoms with Crippen LogP contribution in [-0.4, -0.2) is 23.6 Å². The Bertz CT molecular complexity index is 303. The number of oxazole rings is 1. The maximum Gasteiger partial charge on any atom is 0.195 e. The van der Waals surface area contributed by atoms with Gasteiger partial charge in [0.25, 0.3) is 0 Å². The molecule has 0 saturated carbocycles. The molecule has 2 heterocycles. The van der Waals surface area contributed by atoms with Crippen molar-refractivity contribution in [3.05, 3.63) is 17.8 Å². The molecule has 1 fully saturated rings. The summed E-state index contributed by atoms with van der Waals surface area (Å²) >= 11 is 0. The molecule has 1 aliphatic heterocycles. The molecule has 1 aliphatic rings. The van der Waals surface area contributed by atoms with Gasteiger partial charge in [0.2, 0.25) is 0 Å². The molecule has 1 aromatic heterocycles. The Hall–Kier alpha value is -0.870. The average Bonchev–Trinajstić information content (AvgIpc) is 2.77. The normalized spacial score (nSPS) is 23.2. The molecular weight excluding hydrogens is 190 g/mol. The minimum absolute atomic E-state index is 0.146. The highest BCUT2D eigenvalue weighted by molar-refractivity contribution is 5.00. The van der Waals surface area contributed by atoms with E-state index in [-0.39, 0.29) is 6.04 Å². The molecule has 0 radical (unpaired) electrons. The quantitative estimate of drug-likeness (QED) is 0.772. The van der Waals surface area contributed by atoms with Gasteiger partial charge in [0, 0.05) is 24.9 Å². The van der Waals surface area contributed by atoms with E-state index in [1.54, 1.807) is 6.26 Å². The number of rotatable bonds is 4. The summed E-state index contributed by atoms with van der Waals surface area (Å²) in [4.78, 5) is 4.43. The van der Waals surface area contributed by atoms with Gasteiger partial charge in [-0.05, 0) is 26.3 Å². The largest absolute Gasteiger partial charge is 0.449 e. The van der Waals surface area contributed by atoms with Gasteiger partial charge in [-0.15, -0.1) is 0 Å². The van der Waals surface area contributed by atoms with E-state index in [9.17, 15) is 0 Å². The van der Waals surface area contributed by atoms with E-state index in [1.807, 2.05) is 6.92 Å². The molecule has 1 aromatic rings. The molecule has 0 aliphatic carbocycles. The first-order valence-electron chi connectivity index (χ1n) is 5.66. The average molecular weight is 209 g/mol. The summed E-state index contributed by atoms with van der Waals surface area (Å²) < 4.78 is 5.42. The van der Waals surface area contributed by atoms with Crippen LogP contribution in [0.3, 0.4) is 0 Å². The molecule has 4 nitrogen and oxygen atoms in total. The lowest BCUT2D eigenvalue weighted by atomic mass is 10.1. The standard InChI is InChI=1S/C11H19N3O/c1-8(12)5-10-7-15-11(14-10)6-9-3-2-4-13-9/h7-9,13H,2-6,12H2,1H3. The lowest BCUT2D eigenvalue weighted by Gasteiger charge is -2.05. The van der Waals surface area contributed by atoms with Gasteiger partial charge in [-0.3, -0.25) is 0 Å². The molecule has 0 amide bonds. The van der Waals surface area contributed by atoms with Gasteiger partial charge in [0.1, 0.15) is 6.26 Å². The van der Waals surface area contributed by atoms with E-state index in [2.05, 4.69) is 10.3 Å². The number of hydrogen-bond donors (Lipinski definition) is 2. The van der Waals surface area contributed by atoms with Gasteiger partial charge < -0.3 is 15.5 Å². The predicted octanol–water partition coefficient (Wildman–Crippen LogP) is 0.859. The van der Waals surface area contributed by atoms with Crippen molar-refractivity contribution in [2.75, 3.05) is 6.54 Å². The number of aromatic nitrogens is 1. The van der Waals surface area contributed by atoms with Gasteiger partial charge in [-0.25, -0.2) is 4.98 Å². The smallest absolute Gasteiger partial charge is 0.195 e. The van der Waals surface area contributed by atoms with Crippen molar-refractivity contribution in [2.45, 2.75) is 44.7 Å². The summed E-state index contributed by atoms with van der Waals surface area (Å²) in [7, 11) is 0. The third-order valence-electron chi connectivity index (χ3n) is 2.71. The Morgan fingerprint density at radius 1 is 1.73 bits per heavy atom. The van der Waals surface area contributed by atoms with Crippen molar-refractivity contribution < 1.29 is 4.42 Å². The molecule has 0 spiro atoms. The van der Waals surface area contributed by atoms with Crippen LogP contribution >= 0.6 is 0 Å².